The molecule has 2 saturated heterocycles. The number of halogens is 2. The van der Waals surface area contributed by atoms with Gasteiger partial charge in [-0.2, -0.15) is 5.10 Å². The van der Waals surface area contributed by atoms with E-state index >= 15 is 0 Å². The topological polar surface area (TPSA) is 92.2 Å². The maximum Gasteiger partial charge on any atom is 0.243 e. The summed E-state index contributed by atoms with van der Waals surface area (Å²) in [7, 11) is 0. The lowest BCUT2D eigenvalue weighted by Gasteiger charge is -2.26. The average Bonchev–Trinajstić information content (AvgIpc) is 3.46. The second-order valence-corrected chi connectivity index (χ2v) is 7.76. The van der Waals surface area contributed by atoms with Crippen LogP contribution < -0.4 is 10.6 Å². The first kappa shape index (κ1) is 19.8. The number of hydrogen-bond acceptors (Lipinski definition) is 5. The number of carbonyl (C=O) groups is 2. The van der Waals surface area contributed by atoms with E-state index in [1.807, 2.05) is 0 Å². The van der Waals surface area contributed by atoms with E-state index < -0.39 is 12.2 Å². The second kappa shape index (κ2) is 8.46. The number of carbonyl (C=O) groups excluding carboxylic acids is 2. The monoisotopic (exact) mass is 420 g/mol. The molecular weight excluding hydrogens is 399 g/mol. The van der Waals surface area contributed by atoms with Gasteiger partial charge in [0.2, 0.25) is 11.8 Å². The number of rotatable bonds is 5. The summed E-state index contributed by atoms with van der Waals surface area (Å²) in [6.07, 6.45) is 3.39. The zero-order chi connectivity index (χ0) is 20.4. The van der Waals surface area contributed by atoms with Gasteiger partial charge in [-0.3, -0.25) is 9.59 Å². The number of amides is 2. The smallest absolute Gasteiger partial charge is 0.243 e. The fourth-order valence-electron chi connectivity index (χ4n) is 3.92. The van der Waals surface area contributed by atoms with Crippen molar-refractivity contribution in [1.82, 2.24) is 30.3 Å². The maximum absolute atomic E-state index is 14.1. The quantitative estimate of drug-likeness (QED) is 0.759. The van der Waals surface area contributed by atoms with E-state index in [4.69, 9.17) is 11.6 Å². The molecule has 0 bridgehead atoms. The normalized spacial score (nSPS) is 24.1. The van der Waals surface area contributed by atoms with Crippen molar-refractivity contribution in [3.63, 3.8) is 0 Å². The first-order valence-corrected chi connectivity index (χ1v) is 10.00. The SMILES string of the molecule is O=C(NCc1cc(Cl)ccc1-n1cncn1)[C@@H]1C[C@@H](F)CN1C(=O)[C@H]1CCCN1. The molecule has 154 valence electrons. The molecule has 1 aromatic carbocycles. The van der Waals surface area contributed by atoms with Crippen LogP contribution in [0.3, 0.4) is 0 Å². The molecule has 8 nitrogen and oxygen atoms in total. The minimum atomic E-state index is -1.20. The molecule has 0 aliphatic carbocycles. The Morgan fingerprint density at radius 2 is 2.24 bits per heavy atom. The van der Waals surface area contributed by atoms with E-state index in [9.17, 15) is 14.0 Å². The molecule has 4 rings (SSSR count). The summed E-state index contributed by atoms with van der Waals surface area (Å²) in [5.74, 6) is -0.574. The Bertz CT molecular complexity index is 887. The maximum atomic E-state index is 14.1. The van der Waals surface area contributed by atoms with E-state index in [2.05, 4.69) is 20.7 Å². The summed E-state index contributed by atoms with van der Waals surface area (Å²) in [6, 6.07) is 4.10. The van der Waals surface area contributed by atoms with Crippen LogP contribution in [0.2, 0.25) is 5.02 Å². The first-order chi connectivity index (χ1) is 14.0. The molecule has 0 unspecified atom stereocenters. The molecule has 3 atom stereocenters. The highest BCUT2D eigenvalue weighted by molar-refractivity contribution is 6.30. The van der Waals surface area contributed by atoms with Crippen LogP contribution in [0.4, 0.5) is 4.39 Å². The van der Waals surface area contributed by atoms with Crippen LogP contribution in [0.25, 0.3) is 5.69 Å². The minimum Gasteiger partial charge on any atom is -0.350 e. The van der Waals surface area contributed by atoms with Gasteiger partial charge in [-0.05, 0) is 43.1 Å². The number of nitrogens with one attached hydrogen (secondary N) is 2. The molecule has 0 radical (unpaired) electrons. The summed E-state index contributed by atoms with van der Waals surface area (Å²) in [5, 5.41) is 10.6. The minimum absolute atomic E-state index is 0.00969. The number of benzene rings is 1. The lowest BCUT2D eigenvalue weighted by atomic mass is 10.1. The highest BCUT2D eigenvalue weighted by atomic mass is 35.5. The zero-order valence-corrected chi connectivity index (χ0v) is 16.5. The van der Waals surface area contributed by atoms with Gasteiger partial charge in [-0.15, -0.1) is 0 Å². The molecular formula is C19H22ClFN6O2. The number of aromatic nitrogens is 3. The summed E-state index contributed by atoms with van der Waals surface area (Å²) in [5.41, 5.74) is 1.46. The predicted octanol–water partition coefficient (Wildman–Crippen LogP) is 1.23. The Morgan fingerprint density at radius 3 is 2.97 bits per heavy atom. The molecule has 29 heavy (non-hydrogen) atoms. The van der Waals surface area contributed by atoms with Crippen molar-refractivity contribution in [1.29, 1.82) is 0 Å². The summed E-state index contributed by atoms with van der Waals surface area (Å²) in [6.45, 7) is 0.891. The molecule has 0 spiro atoms. The Hall–Kier alpha value is -2.52. The van der Waals surface area contributed by atoms with Crippen molar-refractivity contribution in [2.45, 2.75) is 44.1 Å². The van der Waals surface area contributed by atoms with Crippen molar-refractivity contribution in [2.75, 3.05) is 13.1 Å². The summed E-state index contributed by atoms with van der Waals surface area (Å²) >= 11 is 6.11. The van der Waals surface area contributed by atoms with Crippen molar-refractivity contribution < 1.29 is 14.0 Å². The Morgan fingerprint density at radius 1 is 1.38 bits per heavy atom. The average molecular weight is 421 g/mol. The summed E-state index contributed by atoms with van der Waals surface area (Å²) < 4.78 is 15.6. The van der Waals surface area contributed by atoms with Crippen molar-refractivity contribution >= 4 is 23.4 Å². The van der Waals surface area contributed by atoms with Gasteiger partial charge in [0.15, 0.2) is 0 Å². The highest BCUT2D eigenvalue weighted by Crippen LogP contribution is 2.24. The first-order valence-electron chi connectivity index (χ1n) is 9.62. The van der Waals surface area contributed by atoms with E-state index in [1.165, 1.54) is 11.2 Å². The van der Waals surface area contributed by atoms with E-state index in [-0.39, 0.29) is 37.4 Å². The van der Waals surface area contributed by atoms with Crippen LogP contribution in [0, 0.1) is 0 Å². The Labute approximate surface area is 172 Å². The predicted molar refractivity (Wildman–Crippen MR) is 104 cm³/mol. The van der Waals surface area contributed by atoms with Crippen LogP contribution in [0.1, 0.15) is 24.8 Å². The largest absolute Gasteiger partial charge is 0.350 e. The van der Waals surface area contributed by atoms with Crippen molar-refractivity contribution in [2.24, 2.45) is 0 Å². The number of alkyl halides is 1. The zero-order valence-electron chi connectivity index (χ0n) is 15.7. The van der Waals surface area contributed by atoms with Gasteiger partial charge < -0.3 is 15.5 Å². The van der Waals surface area contributed by atoms with Crippen LogP contribution >= 0.6 is 11.6 Å². The molecule has 2 aliphatic rings. The van der Waals surface area contributed by atoms with E-state index in [0.29, 0.717) is 11.4 Å². The van der Waals surface area contributed by atoms with Crippen LogP contribution in [0.15, 0.2) is 30.9 Å². The van der Waals surface area contributed by atoms with E-state index in [0.717, 1.165) is 24.2 Å². The standard InChI is InChI=1S/C19H22ClFN6O2/c20-13-3-4-16(27-11-22-10-25-27)12(6-13)8-24-18(28)17-7-14(21)9-26(17)19(29)15-2-1-5-23-15/h3-4,6,10-11,14-15,17,23H,1-2,5,7-9H2,(H,24,28)/t14-,15-,17+/m1/s1. The lowest BCUT2D eigenvalue weighted by Crippen LogP contribution is -2.51. The van der Waals surface area contributed by atoms with Gasteiger partial charge in [0.05, 0.1) is 18.3 Å². The highest BCUT2D eigenvalue weighted by Gasteiger charge is 2.42. The third kappa shape index (κ3) is 4.25. The lowest BCUT2D eigenvalue weighted by molar-refractivity contribution is -0.139. The van der Waals surface area contributed by atoms with Gasteiger partial charge in [-0.1, -0.05) is 11.6 Å². The van der Waals surface area contributed by atoms with Gasteiger partial charge in [-0.25, -0.2) is 14.1 Å². The molecule has 2 aliphatic heterocycles. The molecule has 1 aromatic heterocycles. The van der Waals surface area contributed by atoms with Crippen molar-refractivity contribution in [3.05, 3.63) is 41.4 Å². The van der Waals surface area contributed by atoms with Gasteiger partial charge in [0.25, 0.3) is 0 Å². The molecule has 10 heteroatoms. The van der Waals surface area contributed by atoms with Gasteiger partial charge >= 0.3 is 0 Å². The molecule has 0 saturated carbocycles. The third-order valence-electron chi connectivity index (χ3n) is 5.35. The third-order valence-corrected chi connectivity index (χ3v) is 5.59. The molecule has 2 fully saturated rings. The van der Waals surface area contributed by atoms with Crippen LogP contribution in [-0.4, -0.2) is 62.8 Å². The van der Waals surface area contributed by atoms with Crippen LogP contribution in [0.5, 0.6) is 0 Å². The van der Waals surface area contributed by atoms with Gasteiger partial charge in [0.1, 0.15) is 24.9 Å². The Kier molecular flexibility index (Phi) is 5.77. The fraction of sp³-hybridized carbons (Fsp3) is 0.474. The summed E-state index contributed by atoms with van der Waals surface area (Å²) in [4.78, 5) is 30.8. The molecule has 3 heterocycles. The second-order valence-electron chi connectivity index (χ2n) is 7.32. The van der Waals surface area contributed by atoms with Crippen LogP contribution in [-0.2, 0) is 16.1 Å². The molecule has 2 amide bonds. The number of nitrogens with zero attached hydrogens (tertiary/aromatic N) is 4. The number of hydrogen-bond donors (Lipinski definition) is 2. The molecule has 2 N–H and O–H groups in total. The molecule has 2 aromatic rings. The van der Waals surface area contributed by atoms with Crippen molar-refractivity contribution in [3.8, 4) is 5.69 Å². The fourth-order valence-corrected chi connectivity index (χ4v) is 4.12. The Balaban J connectivity index is 1.46. The van der Waals surface area contributed by atoms with E-state index in [1.54, 1.807) is 29.2 Å². The van der Waals surface area contributed by atoms with Gasteiger partial charge in [0, 0.05) is 18.0 Å². The number of likely N-dealkylation sites (tertiary alicyclic amines) is 1.